The van der Waals surface area contributed by atoms with Crippen LogP contribution in [-0.2, 0) is 4.79 Å². The first-order chi connectivity index (χ1) is 15.7. The number of rotatable bonds is 8. The first-order valence-electron chi connectivity index (χ1n) is 11.2. The minimum Gasteiger partial charge on any atom is -0.480 e. The number of hydrogen-bond acceptors (Lipinski definition) is 6. The molecule has 2 aromatic rings. The van der Waals surface area contributed by atoms with Gasteiger partial charge in [0.05, 0.1) is 4.11 Å². The van der Waals surface area contributed by atoms with Gasteiger partial charge < -0.3 is 27.0 Å². The summed E-state index contributed by atoms with van der Waals surface area (Å²) in [6.45, 7) is -2.18. The zero-order valence-corrected chi connectivity index (χ0v) is 15.6. The van der Waals surface area contributed by atoms with Gasteiger partial charge in [-0.3, -0.25) is 4.79 Å². The monoisotopic (exact) mass is 414 g/mol. The summed E-state index contributed by atoms with van der Waals surface area (Å²) in [6, 6.07) is 0.167. The lowest BCUT2D eigenvalue weighted by molar-refractivity contribution is -0.138. The van der Waals surface area contributed by atoms with E-state index in [0.29, 0.717) is 13.0 Å². The van der Waals surface area contributed by atoms with Gasteiger partial charge in [-0.15, -0.1) is 0 Å². The second-order valence-electron chi connectivity index (χ2n) is 5.50. The number of aliphatic carboxylic acids is 1. The number of aromatic nitrogens is 1. The number of nitrogens with two attached hydrogens (primary N) is 2. The second-order valence-corrected chi connectivity index (χ2v) is 5.88. The van der Waals surface area contributed by atoms with Crippen molar-refractivity contribution in [3.63, 3.8) is 0 Å². The highest BCUT2D eigenvalue weighted by molar-refractivity contribution is 6.31. The molecule has 0 aliphatic rings. The zero-order chi connectivity index (χ0) is 26.2. The number of nitrogens with zero attached hydrogens (tertiary/aromatic N) is 1. The van der Waals surface area contributed by atoms with Gasteiger partial charge >= 0.3 is 11.9 Å². The van der Waals surface area contributed by atoms with Crippen LogP contribution >= 0.6 is 11.6 Å². The van der Waals surface area contributed by atoms with E-state index in [1.54, 1.807) is 0 Å². The van der Waals surface area contributed by atoms with Crippen molar-refractivity contribution in [2.75, 3.05) is 11.9 Å². The van der Waals surface area contributed by atoms with Crippen LogP contribution < -0.4 is 16.8 Å². The van der Waals surface area contributed by atoms with E-state index in [4.69, 9.17) is 41.5 Å². The number of halogens is 1. The van der Waals surface area contributed by atoms with Crippen molar-refractivity contribution in [1.82, 2.24) is 4.98 Å². The quantitative estimate of drug-likeness (QED) is 0.413. The Balaban J connectivity index is 0.000000489. The SMILES string of the molecule is NCCCC[C@H](N)C(=O)O.[2H]c1c([2H])c(Cl)c(C([2H])([2H])[2H])c(Nc2ncccc2C(=O)O)c1[2H]. The summed E-state index contributed by atoms with van der Waals surface area (Å²) < 4.78 is 46.0. The maximum atomic E-state index is 11.2. The van der Waals surface area contributed by atoms with Gasteiger partial charge in [0, 0.05) is 21.0 Å². The zero-order valence-electron chi connectivity index (χ0n) is 20.8. The molecule has 28 heavy (non-hydrogen) atoms. The lowest BCUT2D eigenvalue weighted by Gasteiger charge is -2.11. The Labute approximate surface area is 177 Å². The highest BCUT2D eigenvalue weighted by Gasteiger charge is 2.12. The highest BCUT2D eigenvalue weighted by Crippen LogP contribution is 2.26. The molecular formula is C19H25ClN4O4. The van der Waals surface area contributed by atoms with Gasteiger partial charge in [0.25, 0.3) is 0 Å². The second kappa shape index (κ2) is 11.9. The molecule has 0 bridgehead atoms. The standard InChI is InChI=1S/C13H11ClN2O2.C6H14N2O2/c1-8-10(14)5-2-6-11(8)16-12-9(13(17)18)4-3-7-15-12;7-4-2-1-3-5(8)6(9)10/h2-7H,1H3,(H,15,16)(H,17,18);5H,1-4,7-8H2,(H,9,10)/t;5-/m.0/s1/i1D3,2D,5D,6D;. The number of carboxylic acid groups (broad SMARTS) is 2. The molecule has 0 unspecified atom stereocenters. The molecule has 1 atom stereocenters. The number of hydrogen-bond donors (Lipinski definition) is 5. The van der Waals surface area contributed by atoms with Crippen LogP contribution in [0, 0.1) is 6.85 Å². The highest BCUT2D eigenvalue weighted by atomic mass is 35.5. The van der Waals surface area contributed by atoms with Gasteiger partial charge in [-0.1, -0.05) is 24.1 Å². The number of carboxylic acids is 2. The number of carbonyl (C=O) groups is 2. The summed E-state index contributed by atoms with van der Waals surface area (Å²) in [5.41, 5.74) is 9.27. The van der Waals surface area contributed by atoms with E-state index in [9.17, 15) is 9.59 Å². The predicted octanol–water partition coefficient (Wildman–Crippen LogP) is 3.01. The van der Waals surface area contributed by atoms with E-state index in [2.05, 4.69) is 10.3 Å². The van der Waals surface area contributed by atoms with Gasteiger partial charge in [0.2, 0.25) is 0 Å². The minimum absolute atomic E-state index is 0.197. The third-order valence-electron chi connectivity index (χ3n) is 3.40. The molecule has 8 nitrogen and oxygen atoms in total. The Hall–Kier alpha value is -2.68. The molecule has 0 aliphatic carbocycles. The maximum Gasteiger partial charge on any atom is 0.339 e. The number of benzene rings is 1. The summed E-state index contributed by atoms with van der Waals surface area (Å²) in [5, 5.41) is 19.5. The van der Waals surface area contributed by atoms with E-state index in [1.165, 1.54) is 18.3 Å². The molecule has 0 saturated carbocycles. The van der Waals surface area contributed by atoms with Crippen molar-refractivity contribution in [3.8, 4) is 0 Å². The molecule has 0 aliphatic heterocycles. The van der Waals surface area contributed by atoms with Crippen LogP contribution in [0.15, 0.2) is 36.5 Å². The third kappa shape index (κ3) is 7.51. The summed E-state index contributed by atoms with van der Waals surface area (Å²) in [6.07, 6.45) is 3.45. The van der Waals surface area contributed by atoms with Gasteiger partial charge in [0.1, 0.15) is 17.4 Å². The van der Waals surface area contributed by atoms with Crippen LogP contribution in [-0.4, -0.2) is 39.7 Å². The Morgan fingerprint density at radius 2 is 2.14 bits per heavy atom. The molecule has 0 fully saturated rings. The molecule has 0 spiro atoms. The Morgan fingerprint density at radius 3 is 2.75 bits per heavy atom. The molecule has 0 saturated heterocycles. The van der Waals surface area contributed by atoms with Crippen molar-refractivity contribution in [2.24, 2.45) is 11.5 Å². The predicted molar refractivity (Wildman–Crippen MR) is 109 cm³/mol. The van der Waals surface area contributed by atoms with Gasteiger partial charge in [0.15, 0.2) is 0 Å². The van der Waals surface area contributed by atoms with E-state index in [0.717, 1.165) is 12.8 Å². The summed E-state index contributed by atoms with van der Waals surface area (Å²) >= 11 is 5.90. The van der Waals surface area contributed by atoms with Crippen LogP contribution in [0.5, 0.6) is 0 Å². The average Bonchev–Trinajstić information content (AvgIpc) is 2.75. The number of unbranched alkanes of at least 4 members (excludes halogenated alkanes) is 1. The molecular weight excluding hydrogens is 384 g/mol. The fraction of sp³-hybridized carbons (Fsp3) is 0.316. The molecule has 152 valence electrons. The Morgan fingerprint density at radius 1 is 1.39 bits per heavy atom. The molecule has 1 aromatic heterocycles. The van der Waals surface area contributed by atoms with E-state index >= 15 is 0 Å². The minimum atomic E-state index is -2.78. The molecule has 7 N–H and O–H groups in total. The van der Waals surface area contributed by atoms with Gasteiger partial charge in [-0.25, -0.2) is 9.78 Å². The molecule has 9 heteroatoms. The number of pyridine rings is 1. The number of aromatic carboxylic acids is 1. The van der Waals surface area contributed by atoms with Crippen molar-refractivity contribution < 1.29 is 28.0 Å². The van der Waals surface area contributed by atoms with Crippen LogP contribution in [0.3, 0.4) is 0 Å². The van der Waals surface area contributed by atoms with E-state index < -0.39 is 53.5 Å². The largest absolute Gasteiger partial charge is 0.480 e. The summed E-state index contributed by atoms with van der Waals surface area (Å²) in [4.78, 5) is 25.2. The summed E-state index contributed by atoms with van der Waals surface area (Å²) in [7, 11) is 0. The number of anilines is 2. The van der Waals surface area contributed by atoms with E-state index in [-0.39, 0.29) is 17.1 Å². The molecule has 0 amide bonds. The Kier molecular flexibility index (Phi) is 6.50. The Bertz CT molecular complexity index is 1040. The normalized spacial score (nSPS) is 14.7. The van der Waals surface area contributed by atoms with E-state index in [1.807, 2.05) is 0 Å². The molecule has 0 radical (unpaired) electrons. The van der Waals surface area contributed by atoms with Crippen molar-refractivity contribution >= 4 is 35.0 Å². The van der Waals surface area contributed by atoms with Crippen LogP contribution in [0.25, 0.3) is 0 Å². The molecule has 1 aromatic carbocycles. The number of nitrogens with one attached hydrogen (secondary N) is 1. The lowest BCUT2D eigenvalue weighted by Crippen LogP contribution is -2.29. The van der Waals surface area contributed by atoms with Crippen LogP contribution in [0.4, 0.5) is 11.5 Å². The maximum absolute atomic E-state index is 11.2. The first-order valence-corrected chi connectivity index (χ1v) is 8.55. The smallest absolute Gasteiger partial charge is 0.339 e. The first kappa shape index (κ1) is 15.3. The topological polar surface area (TPSA) is 152 Å². The fourth-order valence-corrected chi connectivity index (χ4v) is 2.05. The van der Waals surface area contributed by atoms with Gasteiger partial charge in [-0.2, -0.15) is 0 Å². The van der Waals surface area contributed by atoms with Crippen LogP contribution in [0.1, 0.15) is 43.4 Å². The average molecular weight is 415 g/mol. The van der Waals surface area contributed by atoms with Crippen molar-refractivity contribution in [3.05, 3.63) is 52.6 Å². The molecule has 2 rings (SSSR count). The molecule has 1 heterocycles. The van der Waals surface area contributed by atoms with Crippen molar-refractivity contribution in [1.29, 1.82) is 0 Å². The lowest BCUT2D eigenvalue weighted by atomic mass is 10.1. The van der Waals surface area contributed by atoms with Gasteiger partial charge in [-0.05, 0) is 56.0 Å². The van der Waals surface area contributed by atoms with Crippen molar-refractivity contribution in [2.45, 2.75) is 32.2 Å². The fourth-order valence-electron chi connectivity index (χ4n) is 1.91. The third-order valence-corrected chi connectivity index (χ3v) is 3.68. The van der Waals surface area contributed by atoms with Crippen LogP contribution in [0.2, 0.25) is 5.02 Å². The summed E-state index contributed by atoms with van der Waals surface area (Å²) in [5.74, 6) is -2.43.